The number of hydrogen-bond acceptors (Lipinski definition) is 7. The molecule has 0 radical (unpaired) electrons. The van der Waals surface area contributed by atoms with Gasteiger partial charge in [-0.25, -0.2) is 14.8 Å². The van der Waals surface area contributed by atoms with Crippen molar-refractivity contribution in [3.63, 3.8) is 0 Å². The van der Waals surface area contributed by atoms with E-state index < -0.39 is 0 Å². The van der Waals surface area contributed by atoms with Crippen LogP contribution in [0.5, 0.6) is 0 Å². The van der Waals surface area contributed by atoms with E-state index in [0.717, 1.165) is 22.3 Å². The Bertz CT molecular complexity index is 873. The second-order valence-corrected chi connectivity index (χ2v) is 5.93. The lowest BCUT2D eigenvalue weighted by Gasteiger charge is -2.18. The lowest BCUT2D eigenvalue weighted by atomic mass is 10.2. The molecule has 23 heavy (non-hydrogen) atoms. The van der Waals surface area contributed by atoms with E-state index >= 15 is 0 Å². The van der Waals surface area contributed by atoms with Gasteiger partial charge in [-0.1, -0.05) is 0 Å². The fraction of sp³-hybridized carbons (Fsp3) is 0.200. The molecule has 1 N–H and O–H groups in total. The van der Waals surface area contributed by atoms with Gasteiger partial charge in [0, 0.05) is 24.1 Å². The normalized spacial score (nSPS) is 17.5. The number of ether oxygens (including phenoxy) is 1. The van der Waals surface area contributed by atoms with E-state index in [1.807, 2.05) is 30.5 Å². The molecule has 0 bridgehead atoms. The molecule has 1 atom stereocenters. The van der Waals surface area contributed by atoms with Crippen molar-refractivity contribution in [3.05, 3.63) is 36.0 Å². The minimum absolute atomic E-state index is 0. The van der Waals surface area contributed by atoms with E-state index in [4.69, 9.17) is 4.74 Å². The highest BCUT2D eigenvalue weighted by Crippen LogP contribution is 2.26. The molecule has 0 saturated carbocycles. The molecule has 4 rings (SSSR count). The van der Waals surface area contributed by atoms with Crippen molar-refractivity contribution in [2.24, 2.45) is 0 Å². The van der Waals surface area contributed by atoms with Crippen molar-refractivity contribution in [1.82, 2.24) is 14.3 Å². The highest BCUT2D eigenvalue weighted by Gasteiger charge is 2.30. The van der Waals surface area contributed by atoms with Gasteiger partial charge in [0.15, 0.2) is 0 Å². The number of carbonyl (C=O) groups is 1. The Kier molecular flexibility index (Phi) is 3.30. The van der Waals surface area contributed by atoms with E-state index in [1.54, 1.807) is 17.3 Å². The number of aromatic nitrogens is 3. The molecule has 7 nitrogen and oxygen atoms in total. The maximum Gasteiger partial charge on any atom is 0.414 e. The molecule has 0 aliphatic carbocycles. The Balaban J connectivity index is 0.00000169. The molecule has 1 aromatic carbocycles. The van der Waals surface area contributed by atoms with Crippen molar-refractivity contribution in [2.45, 2.75) is 13.0 Å². The molecule has 0 unspecified atom stereocenters. The van der Waals surface area contributed by atoms with Crippen LogP contribution in [0.25, 0.3) is 10.9 Å². The molecule has 1 aliphatic rings. The van der Waals surface area contributed by atoms with Crippen LogP contribution in [-0.4, -0.2) is 33.1 Å². The van der Waals surface area contributed by atoms with Crippen LogP contribution >= 0.6 is 11.5 Å². The molecule has 1 aliphatic heterocycles. The smallest absolute Gasteiger partial charge is 0.414 e. The van der Waals surface area contributed by atoms with Crippen LogP contribution in [0, 0.1) is 0 Å². The largest absolute Gasteiger partial charge is 0.447 e. The van der Waals surface area contributed by atoms with Gasteiger partial charge in [0.1, 0.15) is 6.61 Å². The topological polar surface area (TPSA) is 80.2 Å². The molecule has 2 aromatic heterocycles. The van der Waals surface area contributed by atoms with Gasteiger partial charge in [-0.2, -0.15) is 4.37 Å². The molecule has 118 valence electrons. The summed E-state index contributed by atoms with van der Waals surface area (Å²) in [5.74, 6) is 0.492. The number of rotatable bonds is 3. The summed E-state index contributed by atoms with van der Waals surface area (Å²) in [7, 11) is 0. The molecule has 1 amide bonds. The summed E-state index contributed by atoms with van der Waals surface area (Å²) < 4.78 is 9.10. The van der Waals surface area contributed by atoms with Gasteiger partial charge in [0.2, 0.25) is 5.95 Å². The summed E-state index contributed by atoms with van der Waals surface area (Å²) >= 11 is 1.36. The molecule has 1 fully saturated rings. The second kappa shape index (κ2) is 5.47. The summed E-state index contributed by atoms with van der Waals surface area (Å²) in [5, 5.41) is 5.89. The first-order valence-corrected chi connectivity index (χ1v) is 7.93. The van der Waals surface area contributed by atoms with E-state index in [-0.39, 0.29) is 13.6 Å². The van der Waals surface area contributed by atoms with Crippen LogP contribution in [0.3, 0.4) is 0 Å². The first kappa shape index (κ1) is 13.9. The number of benzene rings is 1. The monoisotopic (exact) mass is 329 g/mol. The third-order valence-electron chi connectivity index (χ3n) is 3.62. The summed E-state index contributed by atoms with van der Waals surface area (Å²) in [4.78, 5) is 22.3. The molecular formula is C15H15N5O2S. The van der Waals surface area contributed by atoms with Gasteiger partial charge in [-0.3, -0.25) is 4.90 Å². The first-order valence-electron chi connectivity index (χ1n) is 7.10. The fourth-order valence-corrected chi connectivity index (χ4v) is 2.96. The Morgan fingerprint density at radius 3 is 3.09 bits per heavy atom. The first-order chi connectivity index (χ1) is 11.2. The number of nitrogens with zero attached hydrogens (tertiary/aromatic N) is 4. The predicted molar refractivity (Wildman–Crippen MR) is 90.3 cm³/mol. The lowest BCUT2D eigenvalue weighted by Crippen LogP contribution is -2.30. The molecule has 8 heteroatoms. The third kappa shape index (κ3) is 2.57. The Morgan fingerprint density at radius 2 is 2.35 bits per heavy atom. The van der Waals surface area contributed by atoms with Crippen LogP contribution in [-0.2, 0) is 4.74 Å². The number of amides is 1. The van der Waals surface area contributed by atoms with Crippen molar-refractivity contribution in [1.29, 1.82) is 0 Å². The zero-order chi connectivity index (χ0) is 15.8. The highest BCUT2D eigenvalue weighted by atomic mass is 32.1. The number of hydrogen-bond donors (Lipinski definition) is 1. The van der Waals surface area contributed by atoms with Crippen molar-refractivity contribution in [3.8, 4) is 0 Å². The Hall–Kier alpha value is -2.74. The van der Waals surface area contributed by atoms with Crippen LogP contribution in [0.2, 0.25) is 0 Å². The van der Waals surface area contributed by atoms with Crippen LogP contribution in [0.1, 0.15) is 8.35 Å². The van der Waals surface area contributed by atoms with Crippen LogP contribution < -0.4 is 10.2 Å². The molecule has 0 spiro atoms. The number of fused-ring (bicyclic) bond motifs is 1. The van der Waals surface area contributed by atoms with Crippen LogP contribution in [0.4, 0.5) is 22.1 Å². The second-order valence-electron chi connectivity index (χ2n) is 5.27. The standard InChI is InChI=1S/C15H13N5O2S.H2/c1-9-7-22-15(21)20(9)12-3-2-10-5-16-14(19-13(10)4-12)18-11-6-17-23-8-11;/h2-6,8-9H,7H2,1H3,(H,16,18,19);1H/t9-;/m0./s1. The van der Waals surface area contributed by atoms with Gasteiger partial charge in [-0.15, -0.1) is 0 Å². The molecular weight excluding hydrogens is 314 g/mol. The quantitative estimate of drug-likeness (QED) is 0.793. The summed E-state index contributed by atoms with van der Waals surface area (Å²) in [5.41, 5.74) is 2.38. The molecule has 1 saturated heterocycles. The summed E-state index contributed by atoms with van der Waals surface area (Å²) in [6.07, 6.45) is 3.14. The van der Waals surface area contributed by atoms with Gasteiger partial charge in [0.05, 0.1) is 23.4 Å². The van der Waals surface area contributed by atoms with Gasteiger partial charge in [0.25, 0.3) is 0 Å². The van der Waals surface area contributed by atoms with Crippen LogP contribution in [0.15, 0.2) is 36.0 Å². The Morgan fingerprint density at radius 1 is 1.43 bits per heavy atom. The summed E-state index contributed by atoms with van der Waals surface area (Å²) in [6.45, 7) is 2.35. The fourth-order valence-electron chi connectivity index (χ4n) is 2.49. The zero-order valence-corrected chi connectivity index (χ0v) is 13.1. The molecule has 3 aromatic rings. The predicted octanol–water partition coefficient (Wildman–Crippen LogP) is 3.42. The van der Waals surface area contributed by atoms with E-state index in [2.05, 4.69) is 19.7 Å². The van der Waals surface area contributed by atoms with Gasteiger partial charge < -0.3 is 10.1 Å². The minimum atomic E-state index is -0.325. The number of anilines is 3. The van der Waals surface area contributed by atoms with Gasteiger partial charge in [-0.05, 0) is 36.7 Å². The van der Waals surface area contributed by atoms with Crippen molar-refractivity contribution < 1.29 is 11.0 Å². The highest BCUT2D eigenvalue weighted by molar-refractivity contribution is 7.04. The SMILES string of the molecule is C[C@H]1COC(=O)N1c1ccc2cnc(Nc3cnsc3)nc2c1.[HH]. The summed E-state index contributed by atoms with van der Waals surface area (Å²) in [6, 6.07) is 5.66. The van der Waals surface area contributed by atoms with E-state index in [1.165, 1.54) is 11.5 Å². The van der Waals surface area contributed by atoms with Crippen molar-refractivity contribution in [2.75, 3.05) is 16.8 Å². The number of carbonyl (C=O) groups excluding carboxylic acids is 1. The maximum atomic E-state index is 11.9. The van der Waals surface area contributed by atoms with E-state index in [9.17, 15) is 4.79 Å². The molecule has 3 heterocycles. The number of nitrogens with one attached hydrogen (secondary N) is 1. The number of cyclic esters (lactones) is 1. The lowest BCUT2D eigenvalue weighted by molar-refractivity contribution is 0.179. The zero-order valence-electron chi connectivity index (χ0n) is 12.3. The third-order valence-corrected chi connectivity index (χ3v) is 4.20. The minimum Gasteiger partial charge on any atom is -0.447 e. The average molecular weight is 329 g/mol. The van der Waals surface area contributed by atoms with E-state index in [0.29, 0.717) is 12.6 Å². The van der Waals surface area contributed by atoms with Gasteiger partial charge >= 0.3 is 6.09 Å². The van der Waals surface area contributed by atoms with Crippen molar-refractivity contribution >= 4 is 45.9 Å². The Labute approximate surface area is 137 Å². The average Bonchev–Trinajstić information content (AvgIpc) is 3.17. The maximum absolute atomic E-state index is 11.9.